The summed E-state index contributed by atoms with van der Waals surface area (Å²) in [6, 6.07) is 5.18. The Kier molecular flexibility index (Phi) is 3.74. The van der Waals surface area contributed by atoms with Crippen LogP contribution in [0.3, 0.4) is 0 Å². The Morgan fingerprint density at radius 1 is 1.45 bits per heavy atom. The molecule has 3 nitrogen and oxygen atoms in total. The van der Waals surface area contributed by atoms with Crippen molar-refractivity contribution in [2.75, 3.05) is 13.1 Å². The largest absolute Gasteiger partial charge is 0.325 e. The number of rotatable bonds is 4. The maximum absolute atomic E-state index is 13.5. The van der Waals surface area contributed by atoms with Gasteiger partial charge >= 0.3 is 0 Å². The SMILES string of the molecule is CC(C)n1c(CCC2CCNC2)nc2ccc(F)cc21. The van der Waals surface area contributed by atoms with E-state index in [0.717, 1.165) is 48.7 Å². The number of imidazole rings is 1. The van der Waals surface area contributed by atoms with Gasteiger partial charge in [0.25, 0.3) is 0 Å². The number of benzene rings is 1. The van der Waals surface area contributed by atoms with Gasteiger partial charge in [0.2, 0.25) is 0 Å². The van der Waals surface area contributed by atoms with Gasteiger partial charge in [0.15, 0.2) is 0 Å². The maximum Gasteiger partial charge on any atom is 0.125 e. The van der Waals surface area contributed by atoms with Crippen LogP contribution in [0.25, 0.3) is 11.0 Å². The van der Waals surface area contributed by atoms with Crippen molar-refractivity contribution in [1.82, 2.24) is 14.9 Å². The first kappa shape index (κ1) is 13.6. The van der Waals surface area contributed by atoms with Crippen molar-refractivity contribution < 1.29 is 4.39 Å². The van der Waals surface area contributed by atoms with Crippen molar-refractivity contribution >= 4 is 11.0 Å². The Hall–Kier alpha value is -1.42. The first-order valence-corrected chi connectivity index (χ1v) is 7.52. The number of nitrogens with one attached hydrogen (secondary N) is 1. The summed E-state index contributed by atoms with van der Waals surface area (Å²) < 4.78 is 15.7. The molecule has 0 amide bonds. The average molecular weight is 275 g/mol. The number of hydrogen-bond donors (Lipinski definition) is 1. The zero-order chi connectivity index (χ0) is 14.1. The Morgan fingerprint density at radius 2 is 2.30 bits per heavy atom. The summed E-state index contributed by atoms with van der Waals surface area (Å²) in [5.41, 5.74) is 1.82. The molecule has 1 aromatic heterocycles. The molecule has 3 rings (SSSR count). The van der Waals surface area contributed by atoms with Crippen molar-refractivity contribution in [2.45, 2.75) is 39.2 Å². The minimum Gasteiger partial charge on any atom is -0.325 e. The van der Waals surface area contributed by atoms with Gasteiger partial charge in [-0.05, 0) is 63.9 Å². The van der Waals surface area contributed by atoms with Crippen molar-refractivity contribution in [2.24, 2.45) is 5.92 Å². The molecule has 0 radical (unpaired) electrons. The van der Waals surface area contributed by atoms with E-state index >= 15 is 0 Å². The van der Waals surface area contributed by atoms with Crippen LogP contribution in [0.4, 0.5) is 4.39 Å². The lowest BCUT2D eigenvalue weighted by Crippen LogP contribution is -2.12. The Bertz CT molecular complexity index is 597. The third-order valence-corrected chi connectivity index (χ3v) is 4.18. The van der Waals surface area contributed by atoms with Crippen LogP contribution in [0.5, 0.6) is 0 Å². The smallest absolute Gasteiger partial charge is 0.125 e. The van der Waals surface area contributed by atoms with Crippen LogP contribution >= 0.6 is 0 Å². The molecule has 1 saturated heterocycles. The molecule has 1 atom stereocenters. The fraction of sp³-hybridized carbons (Fsp3) is 0.562. The van der Waals surface area contributed by atoms with Crippen molar-refractivity contribution in [3.63, 3.8) is 0 Å². The molecular formula is C16H22FN3. The lowest BCUT2D eigenvalue weighted by atomic mass is 10.0. The molecule has 0 bridgehead atoms. The molecule has 4 heteroatoms. The number of fused-ring (bicyclic) bond motifs is 1. The molecule has 108 valence electrons. The average Bonchev–Trinajstić information content (AvgIpc) is 3.02. The summed E-state index contributed by atoms with van der Waals surface area (Å²) in [4.78, 5) is 4.71. The normalized spacial score (nSPS) is 19.3. The summed E-state index contributed by atoms with van der Waals surface area (Å²) in [6.45, 7) is 6.52. The minimum atomic E-state index is -0.189. The zero-order valence-corrected chi connectivity index (χ0v) is 12.2. The molecule has 1 aliphatic rings. The first-order chi connectivity index (χ1) is 9.65. The van der Waals surface area contributed by atoms with Gasteiger partial charge in [-0.1, -0.05) is 0 Å². The molecule has 1 N–H and O–H groups in total. The number of hydrogen-bond acceptors (Lipinski definition) is 2. The molecule has 2 heterocycles. The van der Waals surface area contributed by atoms with Crippen LogP contribution in [0.2, 0.25) is 0 Å². The van der Waals surface area contributed by atoms with Gasteiger partial charge in [-0.2, -0.15) is 0 Å². The third kappa shape index (κ3) is 2.57. The van der Waals surface area contributed by atoms with Gasteiger partial charge in [-0.3, -0.25) is 0 Å². The van der Waals surface area contributed by atoms with Gasteiger partial charge < -0.3 is 9.88 Å². The molecule has 1 unspecified atom stereocenters. The molecule has 1 aromatic carbocycles. The van der Waals surface area contributed by atoms with Gasteiger partial charge in [-0.25, -0.2) is 9.37 Å². The maximum atomic E-state index is 13.5. The lowest BCUT2D eigenvalue weighted by molar-refractivity contribution is 0.502. The standard InChI is InChI=1S/C16H22FN3/c1-11(2)20-15-9-13(17)4-5-14(15)19-16(20)6-3-12-7-8-18-10-12/h4-5,9,11-12,18H,3,6-8,10H2,1-2H3. The number of halogens is 1. The number of aryl methyl sites for hydroxylation is 1. The lowest BCUT2D eigenvalue weighted by Gasteiger charge is -2.14. The topological polar surface area (TPSA) is 29.9 Å². The first-order valence-electron chi connectivity index (χ1n) is 7.52. The Morgan fingerprint density at radius 3 is 3.00 bits per heavy atom. The Balaban J connectivity index is 1.90. The van der Waals surface area contributed by atoms with E-state index in [9.17, 15) is 4.39 Å². The van der Waals surface area contributed by atoms with E-state index in [1.807, 2.05) is 0 Å². The van der Waals surface area contributed by atoms with E-state index in [1.54, 1.807) is 12.1 Å². The predicted molar refractivity (Wildman–Crippen MR) is 79.4 cm³/mol. The second kappa shape index (κ2) is 5.52. The van der Waals surface area contributed by atoms with Gasteiger partial charge in [0, 0.05) is 12.5 Å². The molecule has 0 saturated carbocycles. The predicted octanol–water partition coefficient (Wildman–Crippen LogP) is 3.30. The fourth-order valence-corrected chi connectivity index (χ4v) is 3.16. The molecule has 2 aromatic rings. The van der Waals surface area contributed by atoms with Crippen molar-refractivity contribution in [1.29, 1.82) is 0 Å². The van der Waals surface area contributed by atoms with E-state index in [1.165, 1.54) is 12.5 Å². The van der Waals surface area contributed by atoms with Gasteiger partial charge in [0.1, 0.15) is 11.6 Å². The van der Waals surface area contributed by atoms with E-state index in [0.29, 0.717) is 6.04 Å². The highest BCUT2D eigenvalue weighted by Crippen LogP contribution is 2.24. The zero-order valence-electron chi connectivity index (χ0n) is 12.2. The number of aromatic nitrogens is 2. The second-order valence-electron chi connectivity index (χ2n) is 6.02. The quantitative estimate of drug-likeness (QED) is 0.928. The van der Waals surface area contributed by atoms with E-state index in [4.69, 9.17) is 4.98 Å². The highest BCUT2D eigenvalue weighted by molar-refractivity contribution is 5.76. The summed E-state index contributed by atoms with van der Waals surface area (Å²) in [7, 11) is 0. The highest BCUT2D eigenvalue weighted by atomic mass is 19.1. The third-order valence-electron chi connectivity index (χ3n) is 4.18. The monoisotopic (exact) mass is 275 g/mol. The van der Waals surface area contributed by atoms with E-state index in [-0.39, 0.29) is 5.82 Å². The van der Waals surface area contributed by atoms with Gasteiger partial charge in [-0.15, -0.1) is 0 Å². The Labute approximate surface area is 119 Å². The highest BCUT2D eigenvalue weighted by Gasteiger charge is 2.18. The number of nitrogens with zero attached hydrogens (tertiary/aromatic N) is 2. The van der Waals surface area contributed by atoms with E-state index < -0.39 is 0 Å². The molecule has 0 spiro atoms. The second-order valence-corrected chi connectivity index (χ2v) is 6.02. The molecule has 20 heavy (non-hydrogen) atoms. The van der Waals surface area contributed by atoms with Crippen LogP contribution in [0.15, 0.2) is 18.2 Å². The van der Waals surface area contributed by atoms with E-state index in [2.05, 4.69) is 23.7 Å². The minimum absolute atomic E-state index is 0.189. The summed E-state index contributed by atoms with van der Waals surface area (Å²) in [6.07, 6.45) is 3.39. The van der Waals surface area contributed by atoms with Gasteiger partial charge in [0.05, 0.1) is 11.0 Å². The van der Waals surface area contributed by atoms with Crippen LogP contribution < -0.4 is 5.32 Å². The van der Waals surface area contributed by atoms with Crippen LogP contribution in [-0.4, -0.2) is 22.6 Å². The molecular weight excluding hydrogens is 253 g/mol. The van der Waals surface area contributed by atoms with Crippen LogP contribution in [0.1, 0.15) is 38.6 Å². The van der Waals surface area contributed by atoms with Crippen LogP contribution in [0, 0.1) is 11.7 Å². The van der Waals surface area contributed by atoms with Crippen molar-refractivity contribution in [3.05, 3.63) is 29.8 Å². The summed E-state index contributed by atoms with van der Waals surface area (Å²) in [5.74, 6) is 1.66. The summed E-state index contributed by atoms with van der Waals surface area (Å²) >= 11 is 0. The summed E-state index contributed by atoms with van der Waals surface area (Å²) in [5, 5.41) is 3.40. The molecule has 1 fully saturated rings. The molecule has 0 aliphatic carbocycles. The van der Waals surface area contributed by atoms with Crippen LogP contribution in [-0.2, 0) is 6.42 Å². The fourth-order valence-electron chi connectivity index (χ4n) is 3.16. The van der Waals surface area contributed by atoms with Crippen molar-refractivity contribution in [3.8, 4) is 0 Å². The molecule has 1 aliphatic heterocycles.